The summed E-state index contributed by atoms with van der Waals surface area (Å²) in [5, 5.41) is 8.99. The molecule has 0 aliphatic heterocycles. The Morgan fingerprint density at radius 1 is 1.33 bits per heavy atom. The van der Waals surface area contributed by atoms with Crippen LogP contribution in [-0.4, -0.2) is 9.55 Å². The van der Waals surface area contributed by atoms with Gasteiger partial charge < -0.3 is 4.57 Å². The highest BCUT2D eigenvalue weighted by Gasteiger charge is 2.16. The third-order valence-electron chi connectivity index (χ3n) is 3.39. The number of hydrogen-bond donors (Lipinski definition) is 0. The maximum Gasteiger partial charge on any atom is 0.142 e. The van der Waals surface area contributed by atoms with E-state index in [1.54, 1.807) is 18.2 Å². The van der Waals surface area contributed by atoms with E-state index >= 15 is 0 Å². The first-order valence-electron chi connectivity index (χ1n) is 6.50. The summed E-state index contributed by atoms with van der Waals surface area (Å²) in [5.41, 5.74) is 2.93. The molecule has 21 heavy (non-hydrogen) atoms. The number of fused-ring (bicyclic) bond motifs is 1. The van der Waals surface area contributed by atoms with E-state index in [4.69, 9.17) is 5.26 Å². The fourth-order valence-corrected chi connectivity index (χ4v) is 2.84. The van der Waals surface area contributed by atoms with Crippen molar-refractivity contribution in [3.05, 3.63) is 52.3 Å². The van der Waals surface area contributed by atoms with Gasteiger partial charge in [0.1, 0.15) is 11.6 Å². The maximum atomic E-state index is 13.7. The summed E-state index contributed by atoms with van der Waals surface area (Å²) in [5.74, 6) is 0.369. The fraction of sp³-hybridized carbons (Fsp3) is 0.125. The van der Waals surface area contributed by atoms with Crippen molar-refractivity contribution < 1.29 is 4.39 Å². The lowest BCUT2D eigenvalue weighted by Crippen LogP contribution is -1.98. The van der Waals surface area contributed by atoms with Crippen molar-refractivity contribution in [2.24, 2.45) is 0 Å². The van der Waals surface area contributed by atoms with Gasteiger partial charge in [0.05, 0.1) is 27.1 Å². The Balaban J connectivity index is 2.32. The van der Waals surface area contributed by atoms with Gasteiger partial charge in [0.25, 0.3) is 0 Å². The lowest BCUT2D eigenvalue weighted by atomic mass is 10.2. The lowest BCUT2D eigenvalue weighted by molar-refractivity contribution is 0.621. The molecule has 104 valence electrons. The van der Waals surface area contributed by atoms with Crippen molar-refractivity contribution in [1.29, 1.82) is 5.26 Å². The van der Waals surface area contributed by atoms with Crippen LogP contribution in [0.3, 0.4) is 0 Å². The van der Waals surface area contributed by atoms with E-state index in [2.05, 4.69) is 27.0 Å². The quantitative estimate of drug-likeness (QED) is 0.687. The second-order valence-corrected chi connectivity index (χ2v) is 5.39. The molecule has 0 unspecified atom stereocenters. The van der Waals surface area contributed by atoms with Crippen LogP contribution in [0, 0.1) is 17.1 Å². The van der Waals surface area contributed by atoms with Gasteiger partial charge in [0.15, 0.2) is 0 Å². The van der Waals surface area contributed by atoms with Crippen LogP contribution in [0.5, 0.6) is 0 Å². The zero-order chi connectivity index (χ0) is 15.0. The fourth-order valence-electron chi connectivity index (χ4n) is 2.40. The van der Waals surface area contributed by atoms with Gasteiger partial charge in [-0.25, -0.2) is 9.37 Å². The third kappa shape index (κ3) is 2.22. The molecule has 0 N–H and O–H groups in total. The molecule has 5 heteroatoms. The molecule has 0 aliphatic rings. The number of nitrogens with zero attached hydrogens (tertiary/aromatic N) is 3. The Labute approximate surface area is 129 Å². The Morgan fingerprint density at radius 2 is 2.14 bits per heavy atom. The Hall–Kier alpha value is -2.19. The summed E-state index contributed by atoms with van der Waals surface area (Å²) in [6.45, 7) is 2.72. The highest BCUT2D eigenvalue weighted by molar-refractivity contribution is 9.10. The van der Waals surface area contributed by atoms with Crippen LogP contribution in [0.4, 0.5) is 4.39 Å². The van der Waals surface area contributed by atoms with Crippen molar-refractivity contribution in [2.45, 2.75) is 13.5 Å². The SMILES string of the molecule is CCn1c(-c2cccc(F)c2Br)nc2cc(C#N)ccc21. The minimum Gasteiger partial charge on any atom is -0.324 e. The smallest absolute Gasteiger partial charge is 0.142 e. The van der Waals surface area contributed by atoms with Gasteiger partial charge in [-0.1, -0.05) is 6.07 Å². The van der Waals surface area contributed by atoms with E-state index in [1.165, 1.54) is 6.07 Å². The number of benzene rings is 2. The average molecular weight is 344 g/mol. The molecule has 0 spiro atoms. The number of aromatic nitrogens is 2. The van der Waals surface area contributed by atoms with Crippen LogP contribution in [-0.2, 0) is 6.54 Å². The predicted octanol–water partition coefficient (Wildman–Crippen LogP) is 4.50. The molecule has 3 rings (SSSR count). The molecule has 0 amide bonds. The van der Waals surface area contributed by atoms with Gasteiger partial charge >= 0.3 is 0 Å². The first-order chi connectivity index (χ1) is 10.2. The van der Waals surface area contributed by atoms with E-state index in [-0.39, 0.29) is 5.82 Å². The number of hydrogen-bond acceptors (Lipinski definition) is 2. The Bertz CT molecular complexity index is 877. The molecule has 1 heterocycles. The summed E-state index contributed by atoms with van der Waals surface area (Å²) >= 11 is 3.28. The molecule has 1 aromatic heterocycles. The van der Waals surface area contributed by atoms with Crippen LogP contribution in [0.25, 0.3) is 22.4 Å². The molecule has 3 nitrogen and oxygen atoms in total. The molecule has 0 atom stereocenters. The van der Waals surface area contributed by atoms with Crippen molar-refractivity contribution in [3.63, 3.8) is 0 Å². The van der Waals surface area contributed by atoms with Gasteiger partial charge in [-0.05, 0) is 53.2 Å². The normalized spacial score (nSPS) is 10.8. The van der Waals surface area contributed by atoms with E-state index in [1.807, 2.05) is 23.6 Å². The van der Waals surface area contributed by atoms with E-state index < -0.39 is 0 Å². The molecule has 3 aromatic rings. The number of imidazole rings is 1. The summed E-state index contributed by atoms with van der Waals surface area (Å²) in [4.78, 5) is 4.58. The zero-order valence-corrected chi connectivity index (χ0v) is 12.9. The van der Waals surface area contributed by atoms with Crippen LogP contribution in [0.2, 0.25) is 0 Å². The van der Waals surface area contributed by atoms with Crippen molar-refractivity contribution >= 4 is 27.0 Å². The highest BCUT2D eigenvalue weighted by Crippen LogP contribution is 2.32. The lowest BCUT2D eigenvalue weighted by Gasteiger charge is -2.08. The van der Waals surface area contributed by atoms with Gasteiger partial charge in [-0.2, -0.15) is 5.26 Å². The van der Waals surface area contributed by atoms with Crippen molar-refractivity contribution in [1.82, 2.24) is 9.55 Å². The van der Waals surface area contributed by atoms with E-state index in [0.29, 0.717) is 28.0 Å². The first-order valence-corrected chi connectivity index (χ1v) is 7.29. The number of rotatable bonds is 2. The molecular formula is C16H11BrFN3. The predicted molar refractivity (Wildman–Crippen MR) is 83.2 cm³/mol. The van der Waals surface area contributed by atoms with Crippen LogP contribution in [0.1, 0.15) is 12.5 Å². The number of halogens is 2. The summed E-state index contributed by atoms with van der Waals surface area (Å²) in [6.07, 6.45) is 0. The van der Waals surface area contributed by atoms with E-state index in [9.17, 15) is 4.39 Å². The molecule has 0 aliphatic carbocycles. The largest absolute Gasteiger partial charge is 0.324 e. The van der Waals surface area contributed by atoms with Crippen molar-refractivity contribution in [2.75, 3.05) is 0 Å². The number of nitriles is 1. The average Bonchev–Trinajstić information content (AvgIpc) is 2.87. The molecule has 0 saturated carbocycles. The molecule has 0 fully saturated rings. The highest BCUT2D eigenvalue weighted by atomic mass is 79.9. The summed E-state index contributed by atoms with van der Waals surface area (Å²) in [6, 6.07) is 12.4. The van der Waals surface area contributed by atoms with Crippen LogP contribution < -0.4 is 0 Å². The zero-order valence-electron chi connectivity index (χ0n) is 11.3. The third-order valence-corrected chi connectivity index (χ3v) is 4.19. The monoisotopic (exact) mass is 343 g/mol. The van der Waals surface area contributed by atoms with E-state index in [0.717, 1.165) is 11.0 Å². The Kier molecular flexibility index (Phi) is 3.48. The Morgan fingerprint density at radius 3 is 2.86 bits per heavy atom. The molecule has 0 bridgehead atoms. The standard InChI is InChI=1S/C16H11BrFN3/c1-2-21-14-7-6-10(9-19)8-13(14)20-16(21)11-4-3-5-12(18)15(11)17/h3-8H,2H2,1H3. The van der Waals surface area contributed by atoms with Crippen LogP contribution >= 0.6 is 15.9 Å². The first kappa shape index (κ1) is 13.8. The van der Waals surface area contributed by atoms with Gasteiger partial charge in [0.2, 0.25) is 0 Å². The molecule has 0 radical (unpaired) electrons. The maximum absolute atomic E-state index is 13.7. The second-order valence-electron chi connectivity index (χ2n) is 4.60. The van der Waals surface area contributed by atoms with Gasteiger partial charge in [-0.15, -0.1) is 0 Å². The van der Waals surface area contributed by atoms with Crippen LogP contribution in [0.15, 0.2) is 40.9 Å². The van der Waals surface area contributed by atoms with Crippen molar-refractivity contribution in [3.8, 4) is 17.5 Å². The number of aryl methyl sites for hydroxylation is 1. The van der Waals surface area contributed by atoms with Gasteiger partial charge in [-0.3, -0.25) is 0 Å². The minimum absolute atomic E-state index is 0.320. The summed E-state index contributed by atoms with van der Waals surface area (Å²) < 4.78 is 16.2. The van der Waals surface area contributed by atoms with Gasteiger partial charge in [0, 0.05) is 12.1 Å². The minimum atomic E-state index is -0.320. The topological polar surface area (TPSA) is 41.6 Å². The molecule has 0 saturated heterocycles. The molecule has 2 aromatic carbocycles. The summed E-state index contributed by atoms with van der Waals surface area (Å²) in [7, 11) is 0. The second kappa shape index (κ2) is 5.30. The molecular weight excluding hydrogens is 333 g/mol.